The molecule has 0 fully saturated rings. The van der Waals surface area contributed by atoms with Gasteiger partial charge in [0.15, 0.2) is 0 Å². The second kappa shape index (κ2) is 7.45. The molecule has 0 radical (unpaired) electrons. The fourth-order valence-corrected chi connectivity index (χ4v) is 1.41. The van der Waals surface area contributed by atoms with E-state index in [9.17, 15) is 9.59 Å². The van der Waals surface area contributed by atoms with Gasteiger partial charge in [0.25, 0.3) is 0 Å². The summed E-state index contributed by atoms with van der Waals surface area (Å²) in [4.78, 5) is 23.3. The van der Waals surface area contributed by atoms with Crippen LogP contribution >= 0.6 is 0 Å². The van der Waals surface area contributed by atoms with Gasteiger partial charge in [0, 0.05) is 0 Å². The Bertz CT molecular complexity index is 418. The number of likely N-dealkylation sites (N-methyl/N-ethyl adjacent to an activating group) is 1. The van der Waals surface area contributed by atoms with Crippen molar-refractivity contribution in [3.63, 3.8) is 0 Å². The van der Waals surface area contributed by atoms with Crippen LogP contribution in [0.25, 0.3) is 0 Å². The van der Waals surface area contributed by atoms with Gasteiger partial charge in [-0.1, -0.05) is 19.1 Å². The van der Waals surface area contributed by atoms with Crippen molar-refractivity contribution in [2.45, 2.75) is 13.8 Å². The average Bonchev–Trinajstić information content (AvgIpc) is 2.37. The fourth-order valence-electron chi connectivity index (χ4n) is 1.41. The van der Waals surface area contributed by atoms with Crippen molar-refractivity contribution in [1.29, 1.82) is 0 Å². The van der Waals surface area contributed by atoms with Crippen LogP contribution in [0.5, 0.6) is 0 Å². The zero-order chi connectivity index (χ0) is 13.4. The van der Waals surface area contributed by atoms with Gasteiger partial charge in [-0.2, -0.15) is 0 Å². The smallest absolute Gasteiger partial charge is 0.340 e. The number of ether oxygens (including phenoxy) is 1. The Hall–Kier alpha value is -1.88. The van der Waals surface area contributed by atoms with Gasteiger partial charge >= 0.3 is 5.97 Å². The summed E-state index contributed by atoms with van der Waals surface area (Å²) in [5, 5.41) is 5.60. The Kier molecular flexibility index (Phi) is 5.87. The molecular weight excluding hydrogens is 232 g/mol. The number of carbonyl (C=O) groups is 2. The number of nitrogens with one attached hydrogen (secondary N) is 2. The molecule has 18 heavy (non-hydrogen) atoms. The molecule has 2 N–H and O–H groups in total. The quantitative estimate of drug-likeness (QED) is 0.749. The van der Waals surface area contributed by atoms with Crippen LogP contribution in [-0.2, 0) is 9.53 Å². The normalized spacial score (nSPS) is 9.89. The number of rotatable bonds is 6. The molecule has 0 saturated heterocycles. The first-order chi connectivity index (χ1) is 8.69. The number of carbonyl (C=O) groups excluding carboxylic acids is 2. The summed E-state index contributed by atoms with van der Waals surface area (Å²) in [6.07, 6.45) is 0. The molecule has 5 nitrogen and oxygen atoms in total. The maximum atomic E-state index is 11.7. The SMILES string of the molecule is CCNCC(=O)Nc1ccccc1C(=O)OCC. The predicted molar refractivity (Wildman–Crippen MR) is 69.6 cm³/mol. The lowest BCUT2D eigenvalue weighted by Gasteiger charge is -2.10. The first-order valence-electron chi connectivity index (χ1n) is 5.95. The summed E-state index contributed by atoms with van der Waals surface area (Å²) in [7, 11) is 0. The Morgan fingerprint density at radius 3 is 2.61 bits per heavy atom. The molecule has 0 aliphatic heterocycles. The van der Waals surface area contributed by atoms with E-state index in [0.29, 0.717) is 24.4 Å². The van der Waals surface area contributed by atoms with E-state index in [-0.39, 0.29) is 12.5 Å². The lowest BCUT2D eigenvalue weighted by atomic mass is 10.2. The Morgan fingerprint density at radius 1 is 1.22 bits per heavy atom. The van der Waals surface area contributed by atoms with Crippen LogP contribution in [0, 0.1) is 0 Å². The number of esters is 1. The van der Waals surface area contributed by atoms with E-state index >= 15 is 0 Å². The monoisotopic (exact) mass is 250 g/mol. The standard InChI is InChI=1S/C13H18N2O3/c1-3-14-9-12(16)15-11-8-6-5-7-10(11)13(17)18-4-2/h5-8,14H,3-4,9H2,1-2H3,(H,15,16). The summed E-state index contributed by atoms with van der Waals surface area (Å²) < 4.78 is 4.93. The van der Waals surface area contributed by atoms with Crippen LogP contribution in [0.15, 0.2) is 24.3 Å². The third kappa shape index (κ3) is 4.18. The number of benzene rings is 1. The Labute approximate surface area is 107 Å². The molecule has 0 spiro atoms. The lowest BCUT2D eigenvalue weighted by molar-refractivity contribution is -0.115. The molecule has 1 aromatic carbocycles. The van der Waals surface area contributed by atoms with Crippen molar-refractivity contribution in [2.75, 3.05) is 25.0 Å². The maximum Gasteiger partial charge on any atom is 0.340 e. The summed E-state index contributed by atoms with van der Waals surface area (Å²) >= 11 is 0. The summed E-state index contributed by atoms with van der Waals surface area (Å²) in [6.45, 7) is 4.89. The molecule has 0 atom stereocenters. The third-order valence-corrected chi connectivity index (χ3v) is 2.23. The number of hydrogen-bond acceptors (Lipinski definition) is 4. The van der Waals surface area contributed by atoms with Crippen LogP contribution in [0.1, 0.15) is 24.2 Å². The molecule has 1 aromatic rings. The van der Waals surface area contributed by atoms with Crippen molar-refractivity contribution in [3.8, 4) is 0 Å². The van der Waals surface area contributed by atoms with E-state index in [1.165, 1.54) is 0 Å². The van der Waals surface area contributed by atoms with Crippen molar-refractivity contribution in [3.05, 3.63) is 29.8 Å². The fraction of sp³-hybridized carbons (Fsp3) is 0.385. The lowest BCUT2D eigenvalue weighted by Crippen LogP contribution is -2.28. The molecule has 0 unspecified atom stereocenters. The second-order valence-corrected chi connectivity index (χ2v) is 3.59. The maximum absolute atomic E-state index is 11.7. The highest BCUT2D eigenvalue weighted by Gasteiger charge is 2.13. The molecule has 0 aliphatic rings. The first-order valence-corrected chi connectivity index (χ1v) is 5.95. The molecule has 0 saturated carbocycles. The van der Waals surface area contributed by atoms with E-state index in [1.54, 1.807) is 31.2 Å². The van der Waals surface area contributed by atoms with Crippen LogP contribution in [0.3, 0.4) is 0 Å². The molecule has 0 heterocycles. The van der Waals surface area contributed by atoms with Gasteiger partial charge in [0.1, 0.15) is 0 Å². The molecule has 1 amide bonds. The van der Waals surface area contributed by atoms with Gasteiger partial charge in [0.05, 0.1) is 24.4 Å². The minimum Gasteiger partial charge on any atom is -0.462 e. The molecule has 0 aromatic heterocycles. The number of hydrogen-bond donors (Lipinski definition) is 2. The molecule has 0 bridgehead atoms. The topological polar surface area (TPSA) is 67.4 Å². The van der Waals surface area contributed by atoms with E-state index in [0.717, 1.165) is 0 Å². The zero-order valence-electron chi connectivity index (χ0n) is 10.7. The molecule has 5 heteroatoms. The van der Waals surface area contributed by atoms with Gasteiger partial charge in [-0.25, -0.2) is 4.79 Å². The van der Waals surface area contributed by atoms with Crippen molar-refractivity contribution >= 4 is 17.6 Å². The molecular formula is C13H18N2O3. The highest BCUT2D eigenvalue weighted by molar-refractivity contribution is 6.01. The summed E-state index contributed by atoms with van der Waals surface area (Å²) in [6, 6.07) is 6.79. The van der Waals surface area contributed by atoms with Gasteiger partial charge in [0.2, 0.25) is 5.91 Å². The number of amides is 1. The summed E-state index contributed by atoms with van der Waals surface area (Å²) in [5.74, 6) is -0.620. The number of para-hydroxylation sites is 1. The Balaban J connectivity index is 2.76. The molecule has 98 valence electrons. The van der Waals surface area contributed by atoms with Crippen LogP contribution in [0.4, 0.5) is 5.69 Å². The average molecular weight is 250 g/mol. The van der Waals surface area contributed by atoms with Gasteiger partial charge in [-0.3, -0.25) is 4.79 Å². The van der Waals surface area contributed by atoms with Crippen LogP contribution < -0.4 is 10.6 Å². The molecule has 1 rings (SSSR count). The summed E-state index contributed by atoms with van der Waals surface area (Å²) in [5.41, 5.74) is 0.836. The Morgan fingerprint density at radius 2 is 1.94 bits per heavy atom. The predicted octanol–water partition coefficient (Wildman–Crippen LogP) is 1.41. The highest BCUT2D eigenvalue weighted by atomic mass is 16.5. The number of anilines is 1. The van der Waals surface area contributed by atoms with E-state index in [1.807, 2.05) is 6.92 Å². The minimum absolute atomic E-state index is 0.186. The van der Waals surface area contributed by atoms with Crippen molar-refractivity contribution < 1.29 is 14.3 Å². The van der Waals surface area contributed by atoms with Gasteiger partial charge in [-0.15, -0.1) is 0 Å². The molecule has 0 aliphatic carbocycles. The van der Waals surface area contributed by atoms with Gasteiger partial charge < -0.3 is 15.4 Å². The van der Waals surface area contributed by atoms with Crippen LogP contribution in [-0.4, -0.2) is 31.6 Å². The largest absolute Gasteiger partial charge is 0.462 e. The van der Waals surface area contributed by atoms with Gasteiger partial charge in [-0.05, 0) is 25.6 Å². The van der Waals surface area contributed by atoms with Crippen LogP contribution in [0.2, 0.25) is 0 Å². The second-order valence-electron chi connectivity index (χ2n) is 3.59. The van der Waals surface area contributed by atoms with E-state index in [4.69, 9.17) is 4.74 Å². The van der Waals surface area contributed by atoms with Crippen molar-refractivity contribution in [2.24, 2.45) is 0 Å². The van der Waals surface area contributed by atoms with E-state index in [2.05, 4.69) is 10.6 Å². The minimum atomic E-state index is -0.433. The zero-order valence-corrected chi connectivity index (χ0v) is 10.7. The third-order valence-electron chi connectivity index (χ3n) is 2.23. The van der Waals surface area contributed by atoms with Crippen molar-refractivity contribution in [1.82, 2.24) is 5.32 Å². The van der Waals surface area contributed by atoms with E-state index < -0.39 is 5.97 Å². The first kappa shape index (κ1) is 14.2. The highest BCUT2D eigenvalue weighted by Crippen LogP contribution is 2.15.